The van der Waals surface area contributed by atoms with Crippen molar-refractivity contribution in [3.8, 4) is 0 Å². The maximum atomic E-state index is 11.1. The van der Waals surface area contributed by atoms with E-state index in [1.54, 1.807) is 6.20 Å². The smallest absolute Gasteiger partial charge is 0.307 e. The van der Waals surface area contributed by atoms with Crippen molar-refractivity contribution < 1.29 is 14.4 Å². The molecule has 1 saturated carbocycles. The largest absolute Gasteiger partial charge is 0.481 e. The lowest BCUT2D eigenvalue weighted by Crippen LogP contribution is -2.32. The summed E-state index contributed by atoms with van der Waals surface area (Å²) in [5.74, 6) is 0.00347. The van der Waals surface area contributed by atoms with Crippen LogP contribution in [-0.4, -0.2) is 16.2 Å². The summed E-state index contributed by atoms with van der Waals surface area (Å²) in [4.78, 5) is 11.1. The van der Waals surface area contributed by atoms with Gasteiger partial charge in [-0.2, -0.15) is 0 Å². The van der Waals surface area contributed by atoms with E-state index in [1.165, 1.54) is 0 Å². The molecule has 14 heavy (non-hydrogen) atoms. The highest BCUT2D eigenvalue weighted by atomic mass is 16.5. The molecule has 1 unspecified atom stereocenters. The summed E-state index contributed by atoms with van der Waals surface area (Å²) in [5.41, 5.74) is 0.926. The molecule has 0 aliphatic heterocycles. The van der Waals surface area contributed by atoms with E-state index in [2.05, 4.69) is 5.16 Å². The number of carboxylic acid groups (broad SMARTS) is 1. The van der Waals surface area contributed by atoms with Gasteiger partial charge in [0.2, 0.25) is 0 Å². The molecule has 2 aliphatic carbocycles. The molecule has 0 aromatic carbocycles. The summed E-state index contributed by atoms with van der Waals surface area (Å²) in [5, 5.41) is 12.9. The molecule has 0 saturated heterocycles. The van der Waals surface area contributed by atoms with Crippen LogP contribution in [0.25, 0.3) is 0 Å². The van der Waals surface area contributed by atoms with Gasteiger partial charge in [0.25, 0.3) is 0 Å². The lowest BCUT2D eigenvalue weighted by atomic mass is 9.75. The monoisotopic (exact) mass is 193 g/mol. The van der Waals surface area contributed by atoms with Crippen LogP contribution < -0.4 is 0 Å². The Morgan fingerprint density at radius 2 is 2.43 bits per heavy atom. The first-order valence-electron chi connectivity index (χ1n) is 4.91. The summed E-state index contributed by atoms with van der Waals surface area (Å²) in [6.07, 6.45) is 5.05. The molecule has 3 rings (SSSR count). The Morgan fingerprint density at radius 1 is 1.64 bits per heavy atom. The molecular formula is C10H11NO3. The number of aromatic nitrogens is 1. The maximum Gasteiger partial charge on any atom is 0.307 e. The number of fused-ring (bicyclic) bond motifs is 2. The predicted octanol–water partition coefficient (Wildman–Crippen LogP) is 1.35. The Bertz CT molecular complexity index is 392. The minimum absolute atomic E-state index is 0.126. The number of rotatable bonds is 1. The van der Waals surface area contributed by atoms with Gasteiger partial charge in [0.05, 0.1) is 12.1 Å². The van der Waals surface area contributed by atoms with Crippen molar-refractivity contribution in [2.24, 2.45) is 5.92 Å². The van der Waals surface area contributed by atoms with Crippen molar-refractivity contribution in [1.29, 1.82) is 0 Å². The third-order valence-electron chi connectivity index (χ3n) is 3.60. The van der Waals surface area contributed by atoms with Gasteiger partial charge in [-0.3, -0.25) is 4.79 Å². The van der Waals surface area contributed by atoms with Crippen LogP contribution in [0.15, 0.2) is 10.7 Å². The fraction of sp³-hybridized carbons (Fsp3) is 0.600. The molecule has 0 bridgehead atoms. The maximum absolute atomic E-state index is 11.1. The molecule has 1 N–H and O–H groups in total. The molecule has 74 valence electrons. The highest BCUT2D eigenvalue weighted by Gasteiger charge is 2.57. The highest BCUT2D eigenvalue weighted by Crippen LogP contribution is 2.58. The summed E-state index contributed by atoms with van der Waals surface area (Å²) in [6, 6.07) is 0. The fourth-order valence-corrected chi connectivity index (χ4v) is 2.70. The first kappa shape index (κ1) is 8.03. The van der Waals surface area contributed by atoms with Crippen molar-refractivity contribution in [2.45, 2.75) is 31.1 Å². The zero-order chi connectivity index (χ0) is 9.76. The van der Waals surface area contributed by atoms with Crippen LogP contribution in [0.3, 0.4) is 0 Å². The van der Waals surface area contributed by atoms with Crippen molar-refractivity contribution in [2.75, 3.05) is 0 Å². The molecule has 4 heteroatoms. The summed E-state index contributed by atoms with van der Waals surface area (Å²) < 4.78 is 5.12. The van der Waals surface area contributed by atoms with E-state index in [4.69, 9.17) is 9.63 Å². The number of aryl methyl sites for hydroxylation is 1. The van der Waals surface area contributed by atoms with Gasteiger partial charge in [0, 0.05) is 17.4 Å². The van der Waals surface area contributed by atoms with Gasteiger partial charge < -0.3 is 9.63 Å². The summed E-state index contributed by atoms with van der Waals surface area (Å²) in [7, 11) is 0. The first-order valence-corrected chi connectivity index (χ1v) is 4.91. The van der Waals surface area contributed by atoms with Crippen LogP contribution in [0.1, 0.15) is 30.6 Å². The Morgan fingerprint density at radius 3 is 3.07 bits per heavy atom. The lowest BCUT2D eigenvalue weighted by molar-refractivity contribution is -0.143. The standard InChI is InChI=1S/C10H11NO3/c12-9(13)6-1-2-8-7(5-11-14-8)10(6)3-4-10/h5-6H,1-4H2,(H,12,13). The second-order valence-electron chi connectivity index (χ2n) is 4.25. The SMILES string of the molecule is O=C(O)C1CCc2oncc2C12CC2. The molecule has 2 aliphatic rings. The summed E-state index contributed by atoms with van der Waals surface area (Å²) >= 11 is 0. The van der Waals surface area contributed by atoms with Crippen LogP contribution in [0, 0.1) is 5.92 Å². The van der Waals surface area contributed by atoms with Gasteiger partial charge in [0.15, 0.2) is 0 Å². The van der Waals surface area contributed by atoms with Crippen molar-refractivity contribution in [3.05, 3.63) is 17.5 Å². The van der Waals surface area contributed by atoms with E-state index < -0.39 is 5.97 Å². The van der Waals surface area contributed by atoms with Crippen LogP contribution in [-0.2, 0) is 16.6 Å². The van der Waals surface area contributed by atoms with E-state index >= 15 is 0 Å². The van der Waals surface area contributed by atoms with Gasteiger partial charge in [-0.25, -0.2) is 0 Å². The second-order valence-corrected chi connectivity index (χ2v) is 4.25. The second kappa shape index (κ2) is 2.38. The van der Waals surface area contributed by atoms with Gasteiger partial charge >= 0.3 is 5.97 Å². The number of aliphatic carboxylic acids is 1. The normalized spacial score (nSPS) is 27.3. The average Bonchev–Trinajstić information content (AvgIpc) is 2.77. The molecule has 0 radical (unpaired) electrons. The molecule has 1 spiro atoms. The highest BCUT2D eigenvalue weighted by molar-refractivity contribution is 5.74. The Labute approximate surface area is 80.9 Å². The van der Waals surface area contributed by atoms with E-state index in [-0.39, 0.29) is 11.3 Å². The minimum Gasteiger partial charge on any atom is -0.481 e. The van der Waals surface area contributed by atoms with Gasteiger partial charge in [0.1, 0.15) is 5.76 Å². The fourth-order valence-electron chi connectivity index (χ4n) is 2.70. The molecule has 1 fully saturated rings. The molecule has 4 nitrogen and oxygen atoms in total. The number of carboxylic acids is 1. The zero-order valence-corrected chi connectivity index (χ0v) is 7.69. The van der Waals surface area contributed by atoms with Crippen LogP contribution in [0.4, 0.5) is 0 Å². The minimum atomic E-state index is -0.672. The molecule has 1 aromatic rings. The predicted molar refractivity (Wildman–Crippen MR) is 46.9 cm³/mol. The average molecular weight is 193 g/mol. The molecule has 0 amide bonds. The molecule has 1 atom stereocenters. The Kier molecular flexibility index (Phi) is 1.36. The number of hydrogen-bond acceptors (Lipinski definition) is 3. The van der Waals surface area contributed by atoms with Crippen molar-refractivity contribution >= 4 is 5.97 Å². The van der Waals surface area contributed by atoms with Crippen molar-refractivity contribution in [1.82, 2.24) is 5.16 Å². The number of carbonyl (C=O) groups is 1. The lowest BCUT2D eigenvalue weighted by Gasteiger charge is -2.26. The third-order valence-corrected chi connectivity index (χ3v) is 3.60. The Balaban J connectivity index is 2.08. The summed E-state index contributed by atoms with van der Waals surface area (Å²) in [6.45, 7) is 0. The quantitative estimate of drug-likeness (QED) is 0.731. The number of nitrogens with zero attached hydrogens (tertiary/aromatic N) is 1. The third kappa shape index (κ3) is 0.832. The first-order chi connectivity index (χ1) is 6.74. The molecular weight excluding hydrogens is 182 g/mol. The number of hydrogen-bond donors (Lipinski definition) is 1. The van der Waals surface area contributed by atoms with Crippen LogP contribution in [0.2, 0.25) is 0 Å². The molecule has 1 aromatic heterocycles. The van der Waals surface area contributed by atoms with Gasteiger partial charge in [-0.15, -0.1) is 0 Å². The van der Waals surface area contributed by atoms with E-state index in [9.17, 15) is 4.79 Å². The van der Waals surface area contributed by atoms with Gasteiger partial charge in [-0.05, 0) is 19.3 Å². The van der Waals surface area contributed by atoms with Crippen LogP contribution in [0.5, 0.6) is 0 Å². The van der Waals surface area contributed by atoms with E-state index in [1.807, 2.05) is 0 Å². The molecule has 1 heterocycles. The van der Waals surface area contributed by atoms with E-state index in [0.29, 0.717) is 12.8 Å². The van der Waals surface area contributed by atoms with Gasteiger partial charge in [-0.1, -0.05) is 5.16 Å². The van der Waals surface area contributed by atoms with Crippen LogP contribution >= 0.6 is 0 Å². The topological polar surface area (TPSA) is 63.3 Å². The van der Waals surface area contributed by atoms with Crippen molar-refractivity contribution in [3.63, 3.8) is 0 Å². The van der Waals surface area contributed by atoms with E-state index in [0.717, 1.165) is 24.2 Å². The zero-order valence-electron chi connectivity index (χ0n) is 7.69. The Hall–Kier alpha value is -1.32.